The van der Waals surface area contributed by atoms with Crippen molar-refractivity contribution in [1.82, 2.24) is 9.80 Å². The Morgan fingerprint density at radius 3 is 2.49 bits per heavy atom. The number of likely N-dealkylation sites (tertiary alicyclic amines) is 1. The summed E-state index contributed by atoms with van der Waals surface area (Å²) in [7, 11) is 0. The lowest BCUT2D eigenvalue weighted by atomic mass is 9.79. The molecule has 3 aliphatic heterocycles. The van der Waals surface area contributed by atoms with Crippen molar-refractivity contribution in [2.24, 2.45) is 11.8 Å². The van der Waals surface area contributed by atoms with E-state index in [-0.39, 0.29) is 39.8 Å². The van der Waals surface area contributed by atoms with Crippen molar-refractivity contribution >= 4 is 41.2 Å². The van der Waals surface area contributed by atoms with Crippen LogP contribution in [0.1, 0.15) is 67.1 Å². The van der Waals surface area contributed by atoms with Gasteiger partial charge in [-0.05, 0) is 73.9 Å². The fourth-order valence-corrected chi connectivity index (χ4v) is 9.22. The molecule has 0 saturated carbocycles. The average molecular weight is 638 g/mol. The van der Waals surface area contributed by atoms with Crippen molar-refractivity contribution < 1.29 is 34.5 Å². The highest BCUT2D eigenvalue weighted by Gasteiger charge is 2.65. The number of thioether (sulfide) groups is 1. The van der Waals surface area contributed by atoms with Crippen molar-refractivity contribution in [3.05, 3.63) is 64.7 Å². The summed E-state index contributed by atoms with van der Waals surface area (Å²) in [5.74, 6) is -3.45. The number of β-lactam (4-membered cyclic amide) rings is 1. The van der Waals surface area contributed by atoms with Crippen LogP contribution in [-0.2, 0) is 27.3 Å². The maximum absolute atomic E-state index is 13.8. The first-order valence-electron chi connectivity index (χ1n) is 15.8. The molecule has 242 valence electrons. The van der Waals surface area contributed by atoms with E-state index in [9.17, 15) is 34.5 Å². The number of anilines is 1. The molecule has 0 radical (unpaired) electrons. The summed E-state index contributed by atoms with van der Waals surface area (Å²) in [6.07, 6.45) is 2.79. The minimum Gasteiger partial charge on any atom is -0.480 e. The number of benzene rings is 2. The average Bonchev–Trinajstić information content (AvgIpc) is 3.49. The molecule has 8 unspecified atom stereocenters. The van der Waals surface area contributed by atoms with Gasteiger partial charge in [-0.25, -0.2) is 9.59 Å². The molecule has 0 spiro atoms. The molecule has 11 heteroatoms. The maximum Gasteiger partial charge on any atom is 0.335 e. The van der Waals surface area contributed by atoms with Gasteiger partial charge in [-0.2, -0.15) is 11.8 Å². The van der Waals surface area contributed by atoms with E-state index in [1.807, 2.05) is 6.92 Å². The zero-order valence-corrected chi connectivity index (χ0v) is 27.0. The first-order chi connectivity index (χ1) is 21.4. The van der Waals surface area contributed by atoms with Crippen LogP contribution in [0.3, 0.4) is 0 Å². The van der Waals surface area contributed by atoms with Crippen LogP contribution in [0.4, 0.5) is 5.69 Å². The standard InChI is InChI=1S/C34H43N3O7S/c1-5-6-9-21-10-7-12-23(18(21)2)16-36-17-25(15-26(36)31(39)35-24-13-8-11-22(14-24)33(41)42)45-30-19(3)28-27(20(4)38)32(40)37(28)29(30)34(43)44/h7-8,10-14,19-20,25-30,38H,5-6,9,15-17H2,1-4H3,(H,35,39)(H,41,42)(H,43,44). The molecule has 10 nitrogen and oxygen atoms in total. The van der Waals surface area contributed by atoms with Gasteiger partial charge in [0.1, 0.15) is 6.04 Å². The quantitative estimate of drug-likeness (QED) is 0.253. The Morgan fingerprint density at radius 2 is 1.82 bits per heavy atom. The topological polar surface area (TPSA) is 147 Å². The smallest absolute Gasteiger partial charge is 0.335 e. The molecule has 4 N–H and O–H groups in total. The van der Waals surface area contributed by atoms with Crippen LogP contribution in [0, 0.1) is 18.8 Å². The number of amides is 2. The number of nitrogens with zero attached hydrogens (tertiary/aromatic N) is 2. The van der Waals surface area contributed by atoms with Gasteiger partial charge in [0.15, 0.2) is 0 Å². The predicted molar refractivity (Wildman–Crippen MR) is 172 cm³/mol. The highest BCUT2D eigenvalue weighted by atomic mass is 32.2. The third-order valence-corrected chi connectivity index (χ3v) is 11.5. The van der Waals surface area contributed by atoms with Gasteiger partial charge < -0.3 is 25.5 Å². The fraction of sp³-hybridized carbons (Fsp3) is 0.529. The van der Waals surface area contributed by atoms with E-state index >= 15 is 0 Å². The van der Waals surface area contributed by atoms with Crippen molar-refractivity contribution in [1.29, 1.82) is 0 Å². The highest BCUT2D eigenvalue weighted by molar-refractivity contribution is 8.00. The molecule has 0 aliphatic carbocycles. The Kier molecular flexibility index (Phi) is 9.91. The molecule has 3 aliphatic rings. The van der Waals surface area contributed by atoms with Gasteiger partial charge >= 0.3 is 11.9 Å². The van der Waals surface area contributed by atoms with Gasteiger partial charge in [0.25, 0.3) is 0 Å². The van der Waals surface area contributed by atoms with Crippen LogP contribution in [0.15, 0.2) is 42.5 Å². The Labute approximate surface area is 268 Å². The molecule has 2 aromatic rings. The summed E-state index contributed by atoms with van der Waals surface area (Å²) < 4.78 is 0. The summed E-state index contributed by atoms with van der Waals surface area (Å²) in [5, 5.41) is 32.3. The molecule has 45 heavy (non-hydrogen) atoms. The number of nitrogens with one attached hydrogen (secondary N) is 1. The number of fused-ring (bicyclic) bond motifs is 1. The molecular weight excluding hydrogens is 594 g/mol. The van der Waals surface area contributed by atoms with E-state index in [2.05, 4.69) is 42.3 Å². The summed E-state index contributed by atoms with van der Waals surface area (Å²) in [4.78, 5) is 54.2. The second-order valence-corrected chi connectivity index (χ2v) is 14.2. The first-order valence-corrected chi connectivity index (χ1v) is 16.7. The number of carboxylic acid groups (broad SMARTS) is 2. The molecule has 0 bridgehead atoms. The predicted octanol–water partition coefficient (Wildman–Crippen LogP) is 4.03. The number of hydrogen-bond donors (Lipinski definition) is 4. The van der Waals surface area contributed by atoms with E-state index in [4.69, 9.17) is 0 Å². The fourth-order valence-electron chi connectivity index (χ4n) is 7.40. The van der Waals surface area contributed by atoms with Gasteiger partial charge in [-0.3, -0.25) is 14.5 Å². The Bertz CT molecular complexity index is 1470. The number of hydrogen-bond acceptors (Lipinski definition) is 7. The van der Waals surface area contributed by atoms with E-state index in [0.717, 1.165) is 24.8 Å². The Balaban J connectivity index is 1.39. The second-order valence-electron chi connectivity index (χ2n) is 12.7. The second kappa shape index (κ2) is 13.5. The zero-order valence-electron chi connectivity index (χ0n) is 26.2. The van der Waals surface area contributed by atoms with Gasteiger partial charge in [-0.15, -0.1) is 0 Å². The van der Waals surface area contributed by atoms with Crippen molar-refractivity contribution in [3.63, 3.8) is 0 Å². The molecular formula is C34H43N3O7S. The van der Waals surface area contributed by atoms with Crippen LogP contribution in [0.2, 0.25) is 0 Å². The monoisotopic (exact) mass is 637 g/mol. The SMILES string of the molecule is CCCCc1cccc(CN2CC(SC3C(C)C4C(C(C)O)C(=O)N4C3C(=O)O)CC2C(=O)Nc2cccc(C(=O)O)c2)c1C. The van der Waals surface area contributed by atoms with Gasteiger partial charge in [0, 0.05) is 29.3 Å². The number of aliphatic hydroxyl groups is 1. The third-order valence-electron chi connectivity index (χ3n) is 9.79. The number of carboxylic acids is 2. The minimum absolute atomic E-state index is 0.0774. The van der Waals surface area contributed by atoms with Gasteiger partial charge in [0.2, 0.25) is 11.8 Å². The van der Waals surface area contributed by atoms with E-state index in [1.165, 1.54) is 39.9 Å². The summed E-state index contributed by atoms with van der Waals surface area (Å²) >= 11 is 1.53. The first kappa shape index (κ1) is 33.0. The van der Waals surface area contributed by atoms with E-state index in [1.54, 1.807) is 19.1 Å². The number of rotatable bonds is 12. The molecule has 2 aromatic carbocycles. The van der Waals surface area contributed by atoms with Gasteiger partial charge in [0.05, 0.1) is 29.7 Å². The molecule has 3 heterocycles. The van der Waals surface area contributed by atoms with Crippen LogP contribution in [0.5, 0.6) is 0 Å². The summed E-state index contributed by atoms with van der Waals surface area (Å²) in [5.41, 5.74) is 4.10. The van der Waals surface area contributed by atoms with Crippen molar-refractivity contribution in [2.75, 3.05) is 11.9 Å². The van der Waals surface area contributed by atoms with Crippen LogP contribution in [0.25, 0.3) is 0 Å². The zero-order chi connectivity index (χ0) is 32.6. The lowest BCUT2D eigenvalue weighted by Crippen LogP contribution is -2.65. The number of aliphatic carboxylic acids is 1. The van der Waals surface area contributed by atoms with E-state index in [0.29, 0.717) is 25.2 Å². The molecule has 8 atom stereocenters. The molecule has 5 rings (SSSR count). The number of aliphatic hydroxyl groups excluding tert-OH is 1. The molecule has 3 saturated heterocycles. The van der Waals surface area contributed by atoms with Crippen molar-refractivity contribution in [2.45, 2.75) is 94.7 Å². The number of carbonyl (C=O) groups is 4. The largest absolute Gasteiger partial charge is 0.480 e. The lowest BCUT2D eigenvalue weighted by Gasteiger charge is -2.47. The number of carbonyl (C=O) groups excluding carboxylic acids is 2. The molecule has 3 fully saturated rings. The van der Waals surface area contributed by atoms with E-state index < -0.39 is 36.0 Å². The maximum atomic E-state index is 13.8. The van der Waals surface area contributed by atoms with Gasteiger partial charge in [-0.1, -0.05) is 44.5 Å². The molecule has 2 amide bonds. The number of aryl methyl sites for hydroxylation is 1. The minimum atomic E-state index is -1.08. The number of unbranched alkanes of at least 4 members (excludes halogenated alkanes) is 1. The summed E-state index contributed by atoms with van der Waals surface area (Å²) in [6.45, 7) is 8.90. The Morgan fingerprint density at radius 1 is 1.11 bits per heavy atom. The Hall–Kier alpha value is -3.41. The van der Waals surface area contributed by atoms with Crippen LogP contribution in [-0.4, -0.2) is 90.1 Å². The van der Waals surface area contributed by atoms with Crippen LogP contribution >= 0.6 is 11.8 Å². The lowest BCUT2D eigenvalue weighted by molar-refractivity contribution is -0.170. The summed E-state index contributed by atoms with van der Waals surface area (Å²) in [6, 6.07) is 10.6. The number of aromatic carboxylic acids is 1. The highest BCUT2D eigenvalue weighted by Crippen LogP contribution is 2.50. The normalized spacial score (nSPS) is 28.4. The van der Waals surface area contributed by atoms with Crippen LogP contribution < -0.4 is 5.32 Å². The third kappa shape index (κ3) is 6.48. The molecule has 0 aromatic heterocycles. The van der Waals surface area contributed by atoms with Crippen molar-refractivity contribution in [3.8, 4) is 0 Å².